The van der Waals surface area contributed by atoms with Gasteiger partial charge in [-0.2, -0.15) is 5.10 Å². The van der Waals surface area contributed by atoms with Gasteiger partial charge >= 0.3 is 0 Å². The smallest absolute Gasteiger partial charge is 0.261 e. The number of aromatic nitrogens is 3. The second kappa shape index (κ2) is 4.96. The van der Waals surface area contributed by atoms with Crippen LogP contribution in [0, 0.1) is 5.92 Å². The first-order valence-corrected chi connectivity index (χ1v) is 7.00. The molecular formula is C15H18N4O2. The van der Waals surface area contributed by atoms with Gasteiger partial charge in [-0.3, -0.25) is 4.79 Å². The van der Waals surface area contributed by atoms with Crippen molar-refractivity contribution in [1.29, 1.82) is 0 Å². The summed E-state index contributed by atoms with van der Waals surface area (Å²) in [6, 6.07) is 7.18. The maximum atomic E-state index is 12.2. The predicted molar refractivity (Wildman–Crippen MR) is 77.5 cm³/mol. The Balaban J connectivity index is 1.94. The van der Waals surface area contributed by atoms with Gasteiger partial charge in [-0.15, -0.1) is 0 Å². The zero-order chi connectivity index (χ0) is 15.0. The summed E-state index contributed by atoms with van der Waals surface area (Å²) in [5.41, 5.74) is -0.340. The van der Waals surface area contributed by atoms with Gasteiger partial charge in [-0.1, -0.05) is 32.0 Å². The molecule has 3 rings (SSSR count). The molecule has 0 saturated carbocycles. The number of fused-ring (bicyclic) bond motifs is 1. The molecule has 2 N–H and O–H groups in total. The molecule has 0 spiro atoms. The van der Waals surface area contributed by atoms with Crippen LogP contribution in [-0.2, 0) is 23.4 Å². The van der Waals surface area contributed by atoms with Gasteiger partial charge < -0.3 is 10.4 Å². The summed E-state index contributed by atoms with van der Waals surface area (Å²) in [5, 5.41) is 17.7. The highest BCUT2D eigenvalue weighted by Gasteiger charge is 2.46. The van der Waals surface area contributed by atoms with E-state index < -0.39 is 11.5 Å². The number of para-hydroxylation sites is 1. The molecule has 6 heteroatoms. The quantitative estimate of drug-likeness (QED) is 0.888. The Morgan fingerprint density at radius 3 is 2.90 bits per heavy atom. The minimum atomic E-state index is -1.58. The highest BCUT2D eigenvalue weighted by atomic mass is 16.3. The molecule has 2 heterocycles. The van der Waals surface area contributed by atoms with Crippen molar-refractivity contribution in [1.82, 2.24) is 14.8 Å². The van der Waals surface area contributed by atoms with E-state index in [1.807, 2.05) is 12.1 Å². The molecule has 1 atom stereocenters. The van der Waals surface area contributed by atoms with E-state index >= 15 is 0 Å². The van der Waals surface area contributed by atoms with E-state index in [2.05, 4.69) is 29.2 Å². The van der Waals surface area contributed by atoms with Crippen molar-refractivity contribution in [3.8, 4) is 0 Å². The number of benzene rings is 1. The minimum Gasteiger partial charge on any atom is -0.375 e. The van der Waals surface area contributed by atoms with Crippen molar-refractivity contribution in [2.45, 2.75) is 32.4 Å². The van der Waals surface area contributed by atoms with Gasteiger partial charge in [0.15, 0.2) is 5.60 Å². The summed E-state index contributed by atoms with van der Waals surface area (Å²) in [6.45, 7) is 4.87. The molecule has 1 unspecified atom stereocenters. The summed E-state index contributed by atoms with van der Waals surface area (Å²) in [5.74, 6) is 0.602. The Labute approximate surface area is 122 Å². The average Bonchev–Trinajstić information content (AvgIpc) is 2.94. The molecular weight excluding hydrogens is 268 g/mol. The van der Waals surface area contributed by atoms with Gasteiger partial charge in [0, 0.05) is 24.2 Å². The lowest BCUT2D eigenvalue weighted by Gasteiger charge is -2.20. The van der Waals surface area contributed by atoms with Crippen molar-refractivity contribution in [2.75, 3.05) is 5.32 Å². The lowest BCUT2D eigenvalue weighted by Crippen LogP contribution is -2.37. The normalized spacial score (nSPS) is 20.7. The van der Waals surface area contributed by atoms with Crippen LogP contribution in [0.4, 0.5) is 5.69 Å². The number of amides is 1. The maximum Gasteiger partial charge on any atom is 0.261 e. The van der Waals surface area contributed by atoms with E-state index in [4.69, 9.17) is 0 Å². The number of rotatable bonds is 4. The number of carbonyl (C=O) groups excluding carboxylic acids is 1. The van der Waals surface area contributed by atoms with Crippen LogP contribution in [0.3, 0.4) is 0 Å². The molecule has 1 amide bonds. The van der Waals surface area contributed by atoms with E-state index in [0.717, 1.165) is 0 Å². The Hall–Kier alpha value is -2.21. The SMILES string of the molecule is CC(C)Cn1ncnc1CC1(O)C(=O)Nc2ccccc21. The van der Waals surface area contributed by atoms with Crippen molar-refractivity contribution >= 4 is 11.6 Å². The number of nitrogens with one attached hydrogen (secondary N) is 1. The molecule has 1 aliphatic heterocycles. The largest absolute Gasteiger partial charge is 0.375 e. The topological polar surface area (TPSA) is 80.0 Å². The molecule has 0 radical (unpaired) electrons. The fraction of sp³-hybridized carbons (Fsp3) is 0.400. The standard InChI is InChI=1S/C15H18N4O2/c1-10(2)8-19-13(16-9-17-19)7-15(21)11-5-3-4-6-12(11)18-14(15)20/h3-6,9-10,21H,7-8H2,1-2H3,(H,18,20). The second-order valence-corrected chi connectivity index (χ2v) is 5.79. The second-order valence-electron chi connectivity index (χ2n) is 5.79. The van der Waals surface area contributed by atoms with Crippen LogP contribution in [0.2, 0.25) is 0 Å². The van der Waals surface area contributed by atoms with E-state index in [-0.39, 0.29) is 6.42 Å². The summed E-state index contributed by atoms with van der Waals surface area (Å²) in [7, 11) is 0. The third-order valence-electron chi connectivity index (χ3n) is 3.64. The van der Waals surface area contributed by atoms with Crippen molar-refractivity contribution in [3.63, 3.8) is 0 Å². The van der Waals surface area contributed by atoms with Crippen molar-refractivity contribution < 1.29 is 9.90 Å². The lowest BCUT2D eigenvalue weighted by atomic mass is 9.91. The zero-order valence-corrected chi connectivity index (χ0v) is 12.1. The molecule has 0 saturated heterocycles. The van der Waals surface area contributed by atoms with E-state index in [1.54, 1.807) is 16.8 Å². The highest BCUT2D eigenvalue weighted by Crippen LogP contribution is 2.37. The molecule has 0 aliphatic carbocycles. The molecule has 6 nitrogen and oxygen atoms in total. The van der Waals surface area contributed by atoms with E-state index in [1.165, 1.54) is 6.33 Å². The third kappa shape index (κ3) is 2.31. The summed E-state index contributed by atoms with van der Waals surface area (Å²) >= 11 is 0. The maximum absolute atomic E-state index is 12.2. The average molecular weight is 286 g/mol. The molecule has 1 aromatic heterocycles. The summed E-state index contributed by atoms with van der Waals surface area (Å²) in [4.78, 5) is 16.4. The van der Waals surface area contributed by atoms with Crippen LogP contribution in [0.25, 0.3) is 0 Å². The van der Waals surface area contributed by atoms with Crippen LogP contribution < -0.4 is 5.32 Å². The van der Waals surface area contributed by atoms with Gasteiger partial charge in [0.1, 0.15) is 12.2 Å². The molecule has 21 heavy (non-hydrogen) atoms. The predicted octanol–water partition coefficient (Wildman–Crippen LogP) is 1.32. The molecule has 0 bridgehead atoms. The summed E-state index contributed by atoms with van der Waals surface area (Å²) < 4.78 is 1.75. The van der Waals surface area contributed by atoms with Crippen LogP contribution in [0.15, 0.2) is 30.6 Å². The highest BCUT2D eigenvalue weighted by molar-refractivity contribution is 6.04. The van der Waals surface area contributed by atoms with E-state index in [9.17, 15) is 9.90 Å². The van der Waals surface area contributed by atoms with Crippen LogP contribution in [-0.4, -0.2) is 25.8 Å². The van der Waals surface area contributed by atoms with E-state index in [0.29, 0.717) is 29.5 Å². The fourth-order valence-corrected chi connectivity index (χ4v) is 2.63. The Kier molecular flexibility index (Phi) is 3.25. The van der Waals surface area contributed by atoms with Crippen LogP contribution >= 0.6 is 0 Å². The number of anilines is 1. The van der Waals surface area contributed by atoms with Crippen LogP contribution in [0.1, 0.15) is 25.2 Å². The molecule has 110 valence electrons. The first-order valence-electron chi connectivity index (χ1n) is 7.00. The zero-order valence-electron chi connectivity index (χ0n) is 12.1. The number of hydrogen-bond acceptors (Lipinski definition) is 4. The molecule has 1 aliphatic rings. The first-order chi connectivity index (χ1) is 10.0. The lowest BCUT2D eigenvalue weighted by molar-refractivity contribution is -0.133. The van der Waals surface area contributed by atoms with Crippen molar-refractivity contribution in [3.05, 3.63) is 42.0 Å². The Morgan fingerprint density at radius 1 is 1.38 bits per heavy atom. The van der Waals surface area contributed by atoms with Gasteiger partial charge in [-0.25, -0.2) is 9.67 Å². The number of nitrogens with zero attached hydrogens (tertiary/aromatic N) is 3. The first kappa shape index (κ1) is 13.8. The monoisotopic (exact) mass is 286 g/mol. The molecule has 1 aromatic carbocycles. The van der Waals surface area contributed by atoms with Gasteiger partial charge in [0.05, 0.1) is 0 Å². The molecule has 2 aromatic rings. The Bertz CT molecular complexity index is 680. The van der Waals surface area contributed by atoms with Crippen molar-refractivity contribution in [2.24, 2.45) is 5.92 Å². The molecule has 0 fully saturated rings. The van der Waals surface area contributed by atoms with Crippen LogP contribution in [0.5, 0.6) is 0 Å². The van der Waals surface area contributed by atoms with Gasteiger partial charge in [0.25, 0.3) is 5.91 Å². The number of aliphatic hydroxyl groups is 1. The fourth-order valence-electron chi connectivity index (χ4n) is 2.63. The Morgan fingerprint density at radius 2 is 2.14 bits per heavy atom. The third-order valence-corrected chi connectivity index (χ3v) is 3.64. The van der Waals surface area contributed by atoms with Gasteiger partial charge in [0.2, 0.25) is 0 Å². The number of hydrogen-bond donors (Lipinski definition) is 2. The minimum absolute atomic E-state index is 0.114. The number of carbonyl (C=O) groups is 1. The summed E-state index contributed by atoms with van der Waals surface area (Å²) in [6.07, 6.45) is 1.57. The van der Waals surface area contributed by atoms with Gasteiger partial charge in [-0.05, 0) is 12.0 Å².